The van der Waals surface area contributed by atoms with Gasteiger partial charge in [0.05, 0.1) is 38.6 Å². The number of rotatable bonds is 43. The van der Waals surface area contributed by atoms with Gasteiger partial charge in [0, 0.05) is 6.42 Å². The predicted octanol–water partition coefficient (Wildman–Crippen LogP) is 5.92. The van der Waals surface area contributed by atoms with Crippen LogP contribution in [0.1, 0.15) is 155 Å². The number of allylic oxidation sites excluding steroid dienone is 17. The van der Waals surface area contributed by atoms with Crippen molar-refractivity contribution in [1.29, 1.82) is 0 Å². The Morgan fingerprint density at radius 2 is 0.855 bits per heavy atom. The zero-order valence-corrected chi connectivity index (χ0v) is 49.4. The molecule has 3 aliphatic heterocycles. The lowest BCUT2D eigenvalue weighted by Crippen LogP contribution is -2.66. The van der Waals surface area contributed by atoms with Gasteiger partial charge in [0.15, 0.2) is 18.9 Å². The van der Waals surface area contributed by atoms with Gasteiger partial charge in [0.25, 0.3) is 0 Å². The molecule has 474 valence electrons. The van der Waals surface area contributed by atoms with Crippen molar-refractivity contribution in [2.24, 2.45) is 0 Å². The molecule has 12 N–H and O–H groups in total. The minimum absolute atomic E-state index is 0.218. The van der Waals surface area contributed by atoms with Crippen molar-refractivity contribution in [2.75, 3.05) is 26.4 Å². The summed E-state index contributed by atoms with van der Waals surface area (Å²) in [6.45, 7) is 1.30. The predicted molar refractivity (Wildman–Crippen MR) is 318 cm³/mol. The fourth-order valence-electron chi connectivity index (χ4n) is 9.64. The molecule has 3 aliphatic rings. The molecule has 0 bridgehead atoms. The normalized spacial score (nSPS) is 30.2. The van der Waals surface area contributed by atoms with Gasteiger partial charge in [-0.05, 0) is 90.4 Å². The number of aliphatic hydroxyl groups is 11. The lowest BCUT2D eigenvalue weighted by Gasteiger charge is -2.48. The van der Waals surface area contributed by atoms with E-state index < -0.39 is 124 Å². The third kappa shape index (κ3) is 29.1. The summed E-state index contributed by atoms with van der Waals surface area (Å²) in [5.74, 6) is -0.304. The third-order valence-corrected chi connectivity index (χ3v) is 14.6. The van der Waals surface area contributed by atoms with Crippen LogP contribution < -0.4 is 5.32 Å². The van der Waals surface area contributed by atoms with Crippen LogP contribution in [0.4, 0.5) is 0 Å². The smallest absolute Gasteiger partial charge is 0.220 e. The molecule has 17 atom stereocenters. The van der Waals surface area contributed by atoms with E-state index in [4.69, 9.17) is 28.4 Å². The number of nitrogens with one attached hydrogen (secondary N) is 1. The summed E-state index contributed by atoms with van der Waals surface area (Å²) in [5, 5.41) is 120. The van der Waals surface area contributed by atoms with Crippen LogP contribution in [0, 0.1) is 0 Å². The molecule has 0 saturated carbocycles. The Morgan fingerprint density at radius 3 is 1.35 bits per heavy atom. The van der Waals surface area contributed by atoms with Crippen LogP contribution >= 0.6 is 0 Å². The molecule has 3 heterocycles. The van der Waals surface area contributed by atoms with Gasteiger partial charge in [-0.15, -0.1) is 0 Å². The van der Waals surface area contributed by atoms with Gasteiger partial charge in [0.1, 0.15) is 73.2 Å². The number of carbonyl (C=O) groups is 1. The molecule has 0 aromatic rings. The first-order valence-electron chi connectivity index (χ1n) is 30.6. The SMILES string of the molecule is C/C=C/CC/C=C/CC/C=C/C(O)C(COC1OC(CO)C(OC2OC(CO)C(OC3OC(CO)C(O)C(O)C3O)C(O)C2O)C(O)C1O)NC(=O)CCCCCCCCCCCC/C=C\C/C=C\C/C=C\C/C=C\C/C=C\C/C=C\CC. The molecular weight excluding hydrogens is 1070 g/mol. The number of ether oxygens (including phenoxy) is 6. The summed E-state index contributed by atoms with van der Waals surface area (Å²) >= 11 is 0. The van der Waals surface area contributed by atoms with Crippen LogP contribution in [0.15, 0.2) is 109 Å². The highest BCUT2D eigenvalue weighted by atomic mass is 16.8. The number of aliphatic hydroxyl groups excluding tert-OH is 11. The Kier molecular flexibility index (Phi) is 40.6. The Hall–Kier alpha value is -3.55. The molecule has 19 heteroatoms. The lowest BCUT2D eigenvalue weighted by atomic mass is 9.96. The average molecular weight is 1180 g/mol. The van der Waals surface area contributed by atoms with Crippen LogP contribution in [0.25, 0.3) is 0 Å². The van der Waals surface area contributed by atoms with E-state index in [1.165, 1.54) is 32.1 Å². The van der Waals surface area contributed by atoms with Crippen molar-refractivity contribution >= 4 is 5.91 Å². The average Bonchev–Trinajstić information content (AvgIpc) is 3.25. The minimum Gasteiger partial charge on any atom is -0.394 e. The van der Waals surface area contributed by atoms with Crippen LogP contribution in [-0.2, 0) is 33.2 Å². The maximum Gasteiger partial charge on any atom is 0.220 e. The Bertz CT molecular complexity index is 1930. The zero-order valence-electron chi connectivity index (χ0n) is 49.4. The Balaban J connectivity index is 1.40. The van der Waals surface area contributed by atoms with Crippen molar-refractivity contribution in [2.45, 2.75) is 259 Å². The molecule has 17 unspecified atom stereocenters. The van der Waals surface area contributed by atoms with Gasteiger partial charge < -0.3 is 89.9 Å². The second-order valence-corrected chi connectivity index (χ2v) is 21.4. The van der Waals surface area contributed by atoms with Crippen molar-refractivity contribution in [3.8, 4) is 0 Å². The molecule has 19 nitrogen and oxygen atoms in total. The molecule has 0 aliphatic carbocycles. The molecule has 1 amide bonds. The first-order valence-corrected chi connectivity index (χ1v) is 30.6. The summed E-state index contributed by atoms with van der Waals surface area (Å²) < 4.78 is 34.1. The fourth-order valence-corrected chi connectivity index (χ4v) is 9.64. The third-order valence-electron chi connectivity index (χ3n) is 14.6. The number of carbonyl (C=O) groups excluding carboxylic acids is 1. The Morgan fingerprint density at radius 1 is 0.458 bits per heavy atom. The Labute approximate surface area is 494 Å². The van der Waals surface area contributed by atoms with Crippen molar-refractivity contribution in [3.05, 3.63) is 109 Å². The fraction of sp³-hybridized carbons (Fsp3) is 0.703. The van der Waals surface area contributed by atoms with E-state index >= 15 is 0 Å². The van der Waals surface area contributed by atoms with Gasteiger partial charge in [-0.25, -0.2) is 0 Å². The highest BCUT2D eigenvalue weighted by molar-refractivity contribution is 5.76. The van der Waals surface area contributed by atoms with E-state index in [-0.39, 0.29) is 18.9 Å². The zero-order chi connectivity index (χ0) is 60.5. The summed E-state index contributed by atoms with van der Waals surface area (Å²) in [6.07, 6.45) is 32.6. The molecule has 83 heavy (non-hydrogen) atoms. The maximum atomic E-state index is 13.3. The van der Waals surface area contributed by atoms with Gasteiger partial charge in [0.2, 0.25) is 5.91 Å². The van der Waals surface area contributed by atoms with E-state index in [1.54, 1.807) is 12.2 Å². The number of unbranched alkanes of at least 4 members (excludes halogenated alkanes) is 12. The van der Waals surface area contributed by atoms with E-state index in [1.807, 2.05) is 13.0 Å². The molecule has 0 spiro atoms. The number of hydrogen-bond acceptors (Lipinski definition) is 18. The van der Waals surface area contributed by atoms with Crippen LogP contribution in [-0.4, -0.2) is 193 Å². The first kappa shape index (κ1) is 73.7. The van der Waals surface area contributed by atoms with E-state index in [9.17, 15) is 61.0 Å². The first-order chi connectivity index (χ1) is 40.3. The topological polar surface area (TPSA) is 307 Å². The van der Waals surface area contributed by atoms with Gasteiger partial charge in [-0.2, -0.15) is 0 Å². The minimum atomic E-state index is -1.99. The van der Waals surface area contributed by atoms with Gasteiger partial charge >= 0.3 is 0 Å². The lowest BCUT2D eigenvalue weighted by molar-refractivity contribution is -0.379. The highest BCUT2D eigenvalue weighted by Gasteiger charge is 2.53. The van der Waals surface area contributed by atoms with Crippen LogP contribution in [0.2, 0.25) is 0 Å². The van der Waals surface area contributed by atoms with Crippen LogP contribution in [0.3, 0.4) is 0 Å². The van der Waals surface area contributed by atoms with E-state index in [0.29, 0.717) is 12.8 Å². The van der Waals surface area contributed by atoms with Gasteiger partial charge in [-0.1, -0.05) is 168 Å². The molecule has 3 saturated heterocycles. The molecule has 0 radical (unpaired) electrons. The summed E-state index contributed by atoms with van der Waals surface area (Å²) in [4.78, 5) is 13.3. The van der Waals surface area contributed by atoms with Crippen molar-refractivity contribution in [1.82, 2.24) is 5.32 Å². The van der Waals surface area contributed by atoms with Crippen molar-refractivity contribution < 1.29 is 89.4 Å². The van der Waals surface area contributed by atoms with E-state index in [0.717, 1.165) is 89.9 Å². The monoisotopic (exact) mass is 1180 g/mol. The summed E-state index contributed by atoms with van der Waals surface area (Å²) in [6, 6.07) is -1.00. The number of hydrogen-bond donors (Lipinski definition) is 12. The quantitative estimate of drug-likeness (QED) is 0.0249. The molecule has 0 aromatic heterocycles. The molecule has 3 fully saturated rings. The van der Waals surface area contributed by atoms with Crippen molar-refractivity contribution in [3.63, 3.8) is 0 Å². The van der Waals surface area contributed by atoms with E-state index in [2.05, 4.69) is 103 Å². The standard InChI is InChI=1S/C64H105NO18/c1-3-5-7-9-11-13-14-15-16-17-18-19-20-21-22-23-24-25-26-27-28-29-30-31-32-34-36-38-40-42-52(70)65-47(48(69)41-39-37-35-33-12-10-8-6-4-2)46-78-62-58(76)55(73)60(50(44-67)80-62)83-64-59(77)56(74)61(51(45-68)81-64)82-63-57(75)54(72)53(71)49(43-66)79-63/h4-7,11-13,15-16,18-19,21-22,24-25,33,39,41,47-51,53-64,66-69,71-77H,3,8-10,14,17,20,23,26-32,34-38,40,42-46H2,1-2H3,(H,65,70)/b6-4+,7-5-,13-11-,16-15-,19-18-,22-21-,25-24-,33-12+,41-39+. The highest BCUT2D eigenvalue weighted by Crippen LogP contribution is 2.33. The second kappa shape index (κ2) is 45.7. The molecular formula is C64H105NO18. The summed E-state index contributed by atoms with van der Waals surface area (Å²) in [7, 11) is 0. The van der Waals surface area contributed by atoms with Crippen LogP contribution in [0.5, 0.6) is 0 Å². The summed E-state index contributed by atoms with van der Waals surface area (Å²) in [5.41, 5.74) is 0. The largest absolute Gasteiger partial charge is 0.394 e. The molecule has 0 aromatic carbocycles. The van der Waals surface area contributed by atoms with Gasteiger partial charge in [-0.3, -0.25) is 4.79 Å². The second-order valence-electron chi connectivity index (χ2n) is 21.4. The molecule has 3 rings (SSSR count). The number of amides is 1. The maximum absolute atomic E-state index is 13.3.